The Kier molecular flexibility index (Phi) is 20.6. The van der Waals surface area contributed by atoms with E-state index in [0.717, 1.165) is 0 Å². The molecule has 32 valence electrons. The zero-order chi connectivity index (χ0) is 2.71. The molecule has 0 saturated carbocycles. The van der Waals surface area contributed by atoms with Gasteiger partial charge in [-0.05, 0) is 0 Å². The van der Waals surface area contributed by atoms with Crippen LogP contribution in [0.25, 0.3) is 0 Å². The molecule has 0 aliphatic rings. The number of rotatable bonds is 0. The topological polar surface area (TPSA) is 0 Å². The molecule has 0 nitrogen and oxygen atoms in total. The Bertz CT molecular complexity index is 6.00. The van der Waals surface area contributed by atoms with Gasteiger partial charge in [0.25, 0.3) is 0 Å². The van der Waals surface area contributed by atoms with Gasteiger partial charge in [0.2, 0.25) is 0 Å². The van der Waals surface area contributed by atoms with Crippen molar-refractivity contribution in [2.24, 2.45) is 0 Å². The van der Waals surface area contributed by atoms with Gasteiger partial charge in [-0.15, -0.1) is 0 Å². The molecule has 0 N–H and O–H groups in total. The van der Waals surface area contributed by atoms with Gasteiger partial charge >= 0.3 is 39.3 Å². The third kappa shape index (κ3) is 9.10. The van der Waals surface area contributed by atoms with E-state index in [0.29, 0.717) is 0 Å². The second-order valence-electron chi connectivity index (χ2n) is 0.0452. The maximum atomic E-state index is 3.00. The van der Waals surface area contributed by atoms with Gasteiger partial charge < -0.3 is 0 Å². The summed E-state index contributed by atoms with van der Waals surface area (Å²) < 4.78 is 0. The van der Waals surface area contributed by atoms with Crippen molar-refractivity contribution in [1.29, 1.82) is 0 Å². The van der Waals surface area contributed by atoms with Crippen LogP contribution in [0.3, 0.4) is 0 Å². The van der Waals surface area contributed by atoms with E-state index < -0.39 is 0 Å². The average Bonchev–Trinajstić information content (AvgIpc) is 0.918. The van der Waals surface area contributed by atoms with E-state index in [2.05, 4.69) is 28.5 Å². The molecule has 0 spiro atoms. The summed E-state index contributed by atoms with van der Waals surface area (Å²) in [4.78, 5) is 0. The predicted octanol–water partition coefficient (Wildman–Crippen LogP) is 1.75. The summed E-state index contributed by atoms with van der Waals surface area (Å²) >= 11 is 6.00. The maximum absolute atomic E-state index is 3.00. The molecular formula is H3Br2NiP. The SMILES string of the molecule is P.[Br][Ni][Br]. The Hall–Kier alpha value is 1.88. The summed E-state index contributed by atoms with van der Waals surface area (Å²) in [5.74, 6) is 0. The van der Waals surface area contributed by atoms with Crippen LogP contribution in [-0.4, -0.2) is 0 Å². The summed E-state index contributed by atoms with van der Waals surface area (Å²) in [5.41, 5.74) is 0. The Morgan fingerprint density at radius 1 is 1.25 bits per heavy atom. The third-order valence-electron chi connectivity index (χ3n) is 0. The molecule has 0 heterocycles. The van der Waals surface area contributed by atoms with E-state index in [9.17, 15) is 0 Å². The van der Waals surface area contributed by atoms with Crippen molar-refractivity contribution in [3.63, 3.8) is 0 Å². The van der Waals surface area contributed by atoms with Crippen molar-refractivity contribution in [3.05, 3.63) is 0 Å². The third-order valence-corrected chi connectivity index (χ3v) is 0. The van der Waals surface area contributed by atoms with Crippen LogP contribution < -0.4 is 0 Å². The van der Waals surface area contributed by atoms with Crippen molar-refractivity contribution in [2.45, 2.75) is 0 Å². The van der Waals surface area contributed by atoms with Crippen molar-refractivity contribution in [2.75, 3.05) is 0 Å². The predicted molar refractivity (Wildman–Crippen MR) is 29.0 cm³/mol. The van der Waals surface area contributed by atoms with Crippen molar-refractivity contribution in [1.82, 2.24) is 0 Å². The first kappa shape index (κ1) is 9.30. The Balaban J connectivity index is 0. The molecule has 0 aromatic heterocycles. The molecule has 0 aromatic rings. The number of hydrogen-bond donors (Lipinski definition) is 0. The molecule has 0 amide bonds. The number of hydrogen-bond acceptors (Lipinski definition) is 0. The Morgan fingerprint density at radius 2 is 1.25 bits per heavy atom. The minimum atomic E-state index is 0. The van der Waals surface area contributed by atoms with Crippen LogP contribution in [-0.2, 0) is 10.9 Å². The molecular weight excluding hydrogens is 249 g/mol. The summed E-state index contributed by atoms with van der Waals surface area (Å²) in [5, 5.41) is 0. The van der Waals surface area contributed by atoms with E-state index >= 15 is 0 Å². The fraction of sp³-hybridized carbons (Fsp3) is 0. The van der Waals surface area contributed by atoms with Crippen LogP contribution in [0.4, 0.5) is 0 Å². The fourth-order valence-corrected chi connectivity index (χ4v) is 0. The molecule has 0 bridgehead atoms. The monoisotopic (exact) mass is 250 g/mol. The summed E-state index contributed by atoms with van der Waals surface area (Å²) in [6.45, 7) is 0. The van der Waals surface area contributed by atoms with Gasteiger partial charge in [0.15, 0.2) is 0 Å². The van der Waals surface area contributed by atoms with Gasteiger partial charge in [-0.1, -0.05) is 0 Å². The molecule has 0 aromatic carbocycles. The normalized spacial score (nSPS) is 5.50. The van der Waals surface area contributed by atoms with Crippen molar-refractivity contribution in [3.8, 4) is 0 Å². The van der Waals surface area contributed by atoms with E-state index in [4.69, 9.17) is 0 Å². The molecule has 1 atom stereocenters. The molecule has 4 heteroatoms. The molecule has 0 saturated heterocycles. The van der Waals surface area contributed by atoms with E-state index in [-0.39, 0.29) is 9.90 Å². The average molecular weight is 252 g/mol. The summed E-state index contributed by atoms with van der Waals surface area (Å²) in [6.07, 6.45) is 0. The molecule has 0 rings (SSSR count). The summed E-state index contributed by atoms with van der Waals surface area (Å²) in [6, 6.07) is 0. The van der Waals surface area contributed by atoms with Gasteiger partial charge in [0.05, 0.1) is 0 Å². The molecule has 0 aliphatic heterocycles. The van der Waals surface area contributed by atoms with Gasteiger partial charge in [-0.2, -0.15) is 9.90 Å². The standard InChI is InChI=1S/2BrH.Ni.H3P/h2*1H;;1H3/q;;+2;/p-2. The summed E-state index contributed by atoms with van der Waals surface area (Å²) in [7, 11) is 1.25. The van der Waals surface area contributed by atoms with Gasteiger partial charge in [-0.3, -0.25) is 0 Å². The molecule has 4 heavy (non-hydrogen) atoms. The van der Waals surface area contributed by atoms with Crippen LogP contribution in [0.15, 0.2) is 0 Å². The Morgan fingerprint density at radius 3 is 1.25 bits per heavy atom. The van der Waals surface area contributed by atoms with Crippen molar-refractivity contribution < 1.29 is 10.9 Å². The van der Waals surface area contributed by atoms with Crippen LogP contribution in [0, 0.1) is 0 Å². The fourth-order valence-electron chi connectivity index (χ4n) is 0. The molecule has 0 fully saturated rings. The Labute approximate surface area is 49.1 Å². The molecule has 0 aliphatic carbocycles. The van der Waals surface area contributed by atoms with Gasteiger partial charge in [-0.25, -0.2) is 0 Å². The van der Waals surface area contributed by atoms with Crippen LogP contribution in [0.1, 0.15) is 0 Å². The van der Waals surface area contributed by atoms with E-state index in [1.54, 1.807) is 0 Å². The second-order valence-corrected chi connectivity index (χ2v) is 5.03. The van der Waals surface area contributed by atoms with Gasteiger partial charge in [0, 0.05) is 0 Å². The second kappa shape index (κ2) is 8.86. The van der Waals surface area contributed by atoms with Crippen LogP contribution in [0.2, 0.25) is 0 Å². The van der Waals surface area contributed by atoms with Crippen LogP contribution >= 0.6 is 38.3 Å². The first-order valence-electron chi connectivity index (χ1n) is 0.239. The quantitative estimate of drug-likeness (QED) is 0.455. The zero-order valence-corrected chi connectivity index (χ0v) is 7.35. The molecule has 1 unspecified atom stereocenters. The first-order valence-corrected chi connectivity index (χ1v) is 5.12. The van der Waals surface area contributed by atoms with Crippen molar-refractivity contribution >= 4 is 38.3 Å². The first-order chi connectivity index (χ1) is 1.41. The van der Waals surface area contributed by atoms with Crippen LogP contribution in [0.5, 0.6) is 0 Å². The zero-order valence-electron chi connectivity index (χ0n) is 1.78. The molecule has 0 radical (unpaired) electrons. The number of halogens is 2. The van der Waals surface area contributed by atoms with E-state index in [1.165, 1.54) is 10.9 Å². The van der Waals surface area contributed by atoms with Gasteiger partial charge in [0.1, 0.15) is 0 Å². The minimum absolute atomic E-state index is 0. The van der Waals surface area contributed by atoms with E-state index in [1.807, 2.05) is 0 Å².